The van der Waals surface area contributed by atoms with Gasteiger partial charge in [-0.3, -0.25) is 4.79 Å². The Labute approximate surface area is 179 Å². The van der Waals surface area contributed by atoms with E-state index < -0.39 is 11.6 Å². The molecule has 5 nitrogen and oxygen atoms in total. The minimum atomic E-state index is -0.712. The summed E-state index contributed by atoms with van der Waals surface area (Å²) in [4.78, 5) is 11.3. The quantitative estimate of drug-likeness (QED) is 0.605. The van der Waals surface area contributed by atoms with Gasteiger partial charge in [-0.2, -0.15) is 0 Å². The number of aromatic nitrogens is 1. The first-order valence-corrected chi connectivity index (χ1v) is 10.8. The van der Waals surface area contributed by atoms with E-state index in [0.717, 1.165) is 40.7 Å². The van der Waals surface area contributed by atoms with E-state index in [1.807, 2.05) is 12.1 Å². The Bertz CT molecular complexity index is 1210. The largest absolute Gasteiger partial charge is 0.507 e. The maximum absolute atomic E-state index is 13.6. The topological polar surface area (TPSA) is 71.7 Å². The molecule has 1 unspecified atom stereocenters. The number of hydrogen-bond acceptors (Lipinski definition) is 3. The molecular weight excluding hydrogens is 397 g/mol. The third kappa shape index (κ3) is 2.48. The standard InChI is InChI=1S/C25H24FNO4/c1-14-11-31-25(12-24(13-25)9-15(10-24)23(29)30)21-20-18(3-2-4-19(20)28)27(22(14)21)17-7-5-16(26)6-8-17/h2-8,14-15,28H,9-13H2,1H3,(H,29,30). The summed E-state index contributed by atoms with van der Waals surface area (Å²) in [6.07, 6.45) is 2.95. The van der Waals surface area contributed by atoms with Gasteiger partial charge >= 0.3 is 5.97 Å². The van der Waals surface area contributed by atoms with Crippen LogP contribution in [0.5, 0.6) is 5.75 Å². The zero-order chi connectivity index (χ0) is 21.5. The number of nitrogens with zero attached hydrogens (tertiary/aromatic N) is 1. The summed E-state index contributed by atoms with van der Waals surface area (Å²) in [5, 5.41) is 21.0. The van der Waals surface area contributed by atoms with E-state index in [2.05, 4.69) is 11.5 Å². The van der Waals surface area contributed by atoms with E-state index in [1.165, 1.54) is 12.1 Å². The molecule has 1 aromatic heterocycles. The Balaban J connectivity index is 1.53. The van der Waals surface area contributed by atoms with Gasteiger partial charge in [0, 0.05) is 28.2 Å². The number of fused-ring (bicyclic) bond motifs is 4. The minimum absolute atomic E-state index is 0.0234. The second kappa shape index (κ2) is 6.10. The molecule has 3 aromatic rings. The van der Waals surface area contributed by atoms with Crippen molar-refractivity contribution in [3.8, 4) is 11.4 Å². The van der Waals surface area contributed by atoms with Gasteiger partial charge in [-0.25, -0.2) is 4.39 Å². The van der Waals surface area contributed by atoms with Gasteiger partial charge in [0.1, 0.15) is 11.6 Å². The lowest BCUT2D eigenvalue weighted by atomic mass is 9.44. The molecule has 2 aliphatic carbocycles. The third-order valence-electron chi connectivity index (χ3n) is 7.65. The normalized spacial score (nSPS) is 31.4. The van der Waals surface area contributed by atoms with E-state index in [4.69, 9.17) is 4.74 Å². The molecule has 2 aromatic carbocycles. The van der Waals surface area contributed by atoms with Crippen LogP contribution >= 0.6 is 0 Å². The predicted molar refractivity (Wildman–Crippen MR) is 113 cm³/mol. The number of aromatic hydroxyl groups is 1. The fourth-order valence-electron chi connectivity index (χ4n) is 6.46. The average molecular weight is 421 g/mol. The van der Waals surface area contributed by atoms with Crippen molar-refractivity contribution in [3.63, 3.8) is 0 Å². The Morgan fingerprint density at radius 2 is 1.87 bits per heavy atom. The molecule has 0 saturated heterocycles. The molecule has 2 N–H and O–H groups in total. The van der Waals surface area contributed by atoms with E-state index in [9.17, 15) is 19.4 Å². The number of carboxylic acid groups (broad SMARTS) is 1. The molecule has 2 saturated carbocycles. The molecule has 2 fully saturated rings. The van der Waals surface area contributed by atoms with E-state index in [-0.39, 0.29) is 28.8 Å². The Morgan fingerprint density at radius 3 is 2.55 bits per heavy atom. The van der Waals surface area contributed by atoms with Gasteiger partial charge in [-0.05, 0) is 67.5 Å². The van der Waals surface area contributed by atoms with Crippen molar-refractivity contribution in [3.05, 3.63) is 59.5 Å². The molecule has 31 heavy (non-hydrogen) atoms. The van der Waals surface area contributed by atoms with Gasteiger partial charge in [0.25, 0.3) is 0 Å². The summed E-state index contributed by atoms with van der Waals surface area (Å²) in [5.74, 6) is -0.945. The van der Waals surface area contributed by atoms with Crippen LogP contribution in [0.25, 0.3) is 16.6 Å². The van der Waals surface area contributed by atoms with Crippen LogP contribution in [0.1, 0.15) is 49.8 Å². The first-order chi connectivity index (χ1) is 14.8. The number of halogens is 1. The number of phenols is 1. The van der Waals surface area contributed by atoms with Crippen molar-refractivity contribution in [2.24, 2.45) is 11.3 Å². The van der Waals surface area contributed by atoms with Crippen molar-refractivity contribution in [2.45, 2.75) is 44.1 Å². The second-order valence-corrected chi connectivity index (χ2v) is 9.75. The van der Waals surface area contributed by atoms with Gasteiger partial charge in [-0.1, -0.05) is 13.0 Å². The molecule has 2 spiro atoms. The zero-order valence-corrected chi connectivity index (χ0v) is 17.3. The van der Waals surface area contributed by atoms with Crippen LogP contribution in [-0.2, 0) is 15.1 Å². The van der Waals surface area contributed by atoms with Crippen LogP contribution in [0.2, 0.25) is 0 Å². The molecule has 0 radical (unpaired) electrons. The second-order valence-electron chi connectivity index (χ2n) is 9.75. The number of carbonyl (C=O) groups is 1. The molecule has 2 heterocycles. The zero-order valence-electron chi connectivity index (χ0n) is 17.3. The molecule has 0 bridgehead atoms. The van der Waals surface area contributed by atoms with Crippen LogP contribution in [0.3, 0.4) is 0 Å². The lowest BCUT2D eigenvalue weighted by Crippen LogP contribution is -2.59. The number of ether oxygens (including phenoxy) is 1. The fraction of sp³-hybridized carbons (Fsp3) is 0.400. The predicted octanol–water partition coefficient (Wildman–Crippen LogP) is 5.08. The van der Waals surface area contributed by atoms with Gasteiger partial charge in [0.2, 0.25) is 0 Å². The summed E-state index contributed by atoms with van der Waals surface area (Å²) in [7, 11) is 0. The molecule has 160 valence electrons. The van der Waals surface area contributed by atoms with E-state index in [1.54, 1.807) is 18.2 Å². The van der Waals surface area contributed by atoms with Gasteiger partial charge in [0.15, 0.2) is 0 Å². The first-order valence-electron chi connectivity index (χ1n) is 10.8. The van der Waals surface area contributed by atoms with Crippen LogP contribution in [-0.4, -0.2) is 27.4 Å². The smallest absolute Gasteiger partial charge is 0.306 e. The minimum Gasteiger partial charge on any atom is -0.507 e. The van der Waals surface area contributed by atoms with Gasteiger partial charge in [0.05, 0.1) is 23.6 Å². The van der Waals surface area contributed by atoms with Crippen molar-refractivity contribution < 1.29 is 24.1 Å². The number of benzene rings is 2. The number of hydrogen-bond donors (Lipinski definition) is 2. The molecule has 1 aliphatic heterocycles. The number of rotatable bonds is 2. The molecule has 3 aliphatic rings. The Morgan fingerprint density at radius 1 is 1.16 bits per heavy atom. The number of phenolic OH excluding ortho intramolecular Hbond substituents is 1. The Hall–Kier alpha value is -2.86. The summed E-state index contributed by atoms with van der Waals surface area (Å²) in [5.41, 5.74) is 3.37. The highest BCUT2D eigenvalue weighted by Gasteiger charge is 2.65. The van der Waals surface area contributed by atoms with Crippen LogP contribution in [0.15, 0.2) is 42.5 Å². The SMILES string of the molecule is CC1COC2(CC3(CC(C(=O)O)C3)C2)c2c1n(-c1ccc(F)cc1)c1cccc(O)c21. The summed E-state index contributed by atoms with van der Waals surface area (Å²) >= 11 is 0. The van der Waals surface area contributed by atoms with Crippen molar-refractivity contribution >= 4 is 16.9 Å². The third-order valence-corrected chi connectivity index (χ3v) is 7.65. The maximum Gasteiger partial charge on any atom is 0.306 e. The molecule has 6 heteroatoms. The first kappa shape index (κ1) is 18.9. The molecule has 0 amide bonds. The average Bonchev–Trinajstić information content (AvgIpc) is 3.04. The number of aliphatic carboxylic acids is 1. The summed E-state index contributed by atoms with van der Waals surface area (Å²) < 4.78 is 22.2. The molecule has 1 atom stereocenters. The number of carboxylic acids is 1. The van der Waals surface area contributed by atoms with Gasteiger partial charge < -0.3 is 19.5 Å². The van der Waals surface area contributed by atoms with E-state index in [0.29, 0.717) is 19.4 Å². The summed E-state index contributed by atoms with van der Waals surface area (Å²) in [6, 6.07) is 11.9. The van der Waals surface area contributed by atoms with Crippen molar-refractivity contribution in [1.82, 2.24) is 4.57 Å². The van der Waals surface area contributed by atoms with E-state index >= 15 is 0 Å². The highest BCUT2D eigenvalue weighted by atomic mass is 19.1. The monoisotopic (exact) mass is 421 g/mol. The van der Waals surface area contributed by atoms with Crippen molar-refractivity contribution in [1.29, 1.82) is 0 Å². The Kier molecular flexibility index (Phi) is 3.71. The molecule has 6 rings (SSSR count). The van der Waals surface area contributed by atoms with Crippen LogP contribution in [0, 0.1) is 17.2 Å². The lowest BCUT2D eigenvalue weighted by Gasteiger charge is -2.63. The highest BCUT2D eigenvalue weighted by molar-refractivity contribution is 5.94. The summed E-state index contributed by atoms with van der Waals surface area (Å²) in [6.45, 7) is 2.67. The highest BCUT2D eigenvalue weighted by Crippen LogP contribution is 2.69. The van der Waals surface area contributed by atoms with Crippen molar-refractivity contribution in [2.75, 3.05) is 6.61 Å². The fourth-order valence-corrected chi connectivity index (χ4v) is 6.46. The maximum atomic E-state index is 13.6. The van der Waals surface area contributed by atoms with Crippen LogP contribution in [0.4, 0.5) is 4.39 Å². The molecular formula is C25H24FNO4. The van der Waals surface area contributed by atoms with Crippen LogP contribution < -0.4 is 0 Å². The van der Waals surface area contributed by atoms with Gasteiger partial charge in [-0.15, -0.1) is 0 Å². The lowest BCUT2D eigenvalue weighted by molar-refractivity contribution is -0.226.